The number of carbonyl (C=O) groups excluding carboxylic acids is 1. The summed E-state index contributed by atoms with van der Waals surface area (Å²) >= 11 is 13.5. The van der Waals surface area contributed by atoms with Crippen LogP contribution in [0.2, 0.25) is 4.34 Å². The van der Waals surface area contributed by atoms with Crippen LogP contribution >= 0.6 is 34.5 Å². The van der Waals surface area contributed by atoms with Gasteiger partial charge in [-0.05, 0) is 24.6 Å². The molecule has 0 aromatic carbocycles. The zero-order valence-corrected chi connectivity index (χ0v) is 18.4. The average molecular weight is 447 g/mol. The molecule has 3 N–H and O–H groups in total. The SMILES string of the molecule is C=C(/C(Cl)=C\CN(O)CC(CCC)NC(=O)c1ccc(Cl)s1)N1CCNCC1. The average Bonchev–Trinajstić information content (AvgIpc) is 3.13. The Bertz CT molecular complexity index is 689. The van der Waals surface area contributed by atoms with Crippen LogP contribution in [-0.4, -0.2) is 66.4 Å². The number of nitrogens with one attached hydrogen (secondary N) is 2. The maximum absolute atomic E-state index is 12.3. The molecule has 1 aromatic heterocycles. The molecule has 2 heterocycles. The van der Waals surface area contributed by atoms with Crippen LogP contribution in [0.15, 0.2) is 35.5 Å². The van der Waals surface area contributed by atoms with Crippen LogP contribution in [-0.2, 0) is 0 Å². The molecule has 1 amide bonds. The van der Waals surface area contributed by atoms with E-state index in [2.05, 4.69) is 22.1 Å². The number of hydrogen-bond donors (Lipinski definition) is 3. The Morgan fingerprint density at radius 1 is 1.50 bits per heavy atom. The zero-order chi connectivity index (χ0) is 20.5. The van der Waals surface area contributed by atoms with Gasteiger partial charge in [-0.2, -0.15) is 5.06 Å². The van der Waals surface area contributed by atoms with Gasteiger partial charge in [0.15, 0.2) is 0 Å². The number of rotatable bonds is 10. The van der Waals surface area contributed by atoms with E-state index in [1.807, 2.05) is 6.92 Å². The zero-order valence-electron chi connectivity index (χ0n) is 16.1. The van der Waals surface area contributed by atoms with E-state index in [9.17, 15) is 10.0 Å². The van der Waals surface area contributed by atoms with Crippen LogP contribution < -0.4 is 10.6 Å². The normalized spacial score (nSPS) is 16.3. The highest BCUT2D eigenvalue weighted by atomic mass is 35.5. The van der Waals surface area contributed by atoms with Crippen molar-refractivity contribution in [3.05, 3.63) is 44.7 Å². The topological polar surface area (TPSA) is 67.8 Å². The smallest absolute Gasteiger partial charge is 0.261 e. The molecule has 0 saturated carbocycles. The summed E-state index contributed by atoms with van der Waals surface area (Å²) in [6, 6.07) is 3.23. The van der Waals surface area contributed by atoms with Gasteiger partial charge in [-0.1, -0.05) is 43.1 Å². The quantitative estimate of drug-likeness (QED) is 0.378. The van der Waals surface area contributed by atoms with Crippen molar-refractivity contribution in [1.82, 2.24) is 20.6 Å². The van der Waals surface area contributed by atoms with Gasteiger partial charge < -0.3 is 20.7 Å². The summed E-state index contributed by atoms with van der Waals surface area (Å²) in [6.07, 6.45) is 3.39. The molecular weight excluding hydrogens is 419 g/mol. The van der Waals surface area contributed by atoms with Crippen LogP contribution in [0.3, 0.4) is 0 Å². The number of halogens is 2. The van der Waals surface area contributed by atoms with E-state index in [0.29, 0.717) is 20.8 Å². The maximum atomic E-state index is 12.3. The van der Waals surface area contributed by atoms with Crippen molar-refractivity contribution >= 4 is 40.4 Å². The highest BCUT2D eigenvalue weighted by Gasteiger charge is 2.18. The minimum atomic E-state index is -0.176. The van der Waals surface area contributed by atoms with Crippen molar-refractivity contribution in [2.24, 2.45) is 0 Å². The van der Waals surface area contributed by atoms with Crippen LogP contribution in [0.1, 0.15) is 29.4 Å². The van der Waals surface area contributed by atoms with Crippen LogP contribution in [0.4, 0.5) is 0 Å². The number of allylic oxidation sites excluding steroid dienone is 1. The molecule has 156 valence electrons. The van der Waals surface area contributed by atoms with Crippen molar-refractivity contribution < 1.29 is 10.0 Å². The van der Waals surface area contributed by atoms with Gasteiger partial charge in [0.2, 0.25) is 0 Å². The maximum Gasteiger partial charge on any atom is 0.261 e. The lowest BCUT2D eigenvalue weighted by Crippen LogP contribution is -2.43. The van der Waals surface area contributed by atoms with Gasteiger partial charge in [0.1, 0.15) is 0 Å². The minimum Gasteiger partial charge on any atom is -0.368 e. The molecule has 1 aliphatic heterocycles. The van der Waals surface area contributed by atoms with Crippen molar-refractivity contribution in [3.63, 3.8) is 0 Å². The van der Waals surface area contributed by atoms with Crippen LogP contribution in [0, 0.1) is 0 Å². The number of hydroxylamine groups is 2. The molecule has 1 fully saturated rings. The second kappa shape index (κ2) is 11.8. The van der Waals surface area contributed by atoms with E-state index < -0.39 is 0 Å². The molecule has 0 bridgehead atoms. The summed E-state index contributed by atoms with van der Waals surface area (Å²) < 4.78 is 0.575. The first-order valence-electron chi connectivity index (χ1n) is 9.41. The lowest BCUT2D eigenvalue weighted by Gasteiger charge is -2.30. The minimum absolute atomic E-state index is 0.174. The predicted octanol–water partition coefficient (Wildman–Crippen LogP) is 3.53. The summed E-state index contributed by atoms with van der Waals surface area (Å²) in [5.41, 5.74) is 0.768. The standard InChI is InChI=1S/C19H28Cl2N4O2S/c1-3-4-15(23-19(26)17-5-6-18(21)28-17)13-25(27)10-7-16(20)14(2)24-11-8-22-9-12-24/h5-7,15,22,27H,2-4,8-13H2,1H3,(H,23,26)/b16-7+. The Morgan fingerprint density at radius 2 is 2.21 bits per heavy atom. The number of amides is 1. The van der Waals surface area contributed by atoms with Gasteiger partial charge in [0.05, 0.1) is 14.2 Å². The first-order valence-corrected chi connectivity index (χ1v) is 11.0. The van der Waals surface area contributed by atoms with E-state index >= 15 is 0 Å². The Balaban J connectivity index is 1.85. The summed E-state index contributed by atoms with van der Waals surface area (Å²) in [5, 5.41) is 18.2. The van der Waals surface area contributed by atoms with Gasteiger partial charge in [-0.25, -0.2) is 0 Å². The lowest BCUT2D eigenvalue weighted by atomic mass is 10.1. The van der Waals surface area contributed by atoms with E-state index in [4.69, 9.17) is 23.2 Å². The molecule has 2 rings (SSSR count). The number of thiophene rings is 1. The largest absolute Gasteiger partial charge is 0.368 e. The van der Waals surface area contributed by atoms with E-state index in [1.54, 1.807) is 18.2 Å². The third-order valence-electron chi connectivity index (χ3n) is 4.46. The fourth-order valence-corrected chi connectivity index (χ4v) is 4.10. The second-order valence-corrected chi connectivity index (χ2v) is 8.79. The van der Waals surface area contributed by atoms with Gasteiger partial charge in [-0.15, -0.1) is 11.3 Å². The van der Waals surface area contributed by atoms with Crippen molar-refractivity contribution in [3.8, 4) is 0 Å². The number of hydrogen-bond acceptors (Lipinski definition) is 6. The van der Waals surface area contributed by atoms with Gasteiger partial charge in [-0.3, -0.25) is 4.79 Å². The van der Waals surface area contributed by atoms with Crippen LogP contribution in [0.25, 0.3) is 0 Å². The van der Waals surface area contributed by atoms with Crippen molar-refractivity contribution in [1.29, 1.82) is 0 Å². The third-order valence-corrected chi connectivity index (χ3v) is 6.06. The monoisotopic (exact) mass is 446 g/mol. The van der Waals surface area contributed by atoms with Crippen molar-refractivity contribution in [2.75, 3.05) is 39.3 Å². The molecule has 0 aliphatic carbocycles. The van der Waals surface area contributed by atoms with E-state index in [1.165, 1.54) is 11.3 Å². The number of piperazine rings is 1. The van der Waals surface area contributed by atoms with Gasteiger partial charge in [0, 0.05) is 51.0 Å². The molecule has 0 spiro atoms. The first-order chi connectivity index (χ1) is 13.4. The Kier molecular flexibility index (Phi) is 9.77. The van der Waals surface area contributed by atoms with E-state index in [-0.39, 0.29) is 18.5 Å². The summed E-state index contributed by atoms with van der Waals surface area (Å²) in [5.74, 6) is -0.176. The highest BCUT2D eigenvalue weighted by molar-refractivity contribution is 7.18. The fourth-order valence-electron chi connectivity index (χ4n) is 2.97. The molecule has 1 atom stereocenters. The third kappa shape index (κ3) is 7.39. The Labute approximate surface area is 180 Å². The van der Waals surface area contributed by atoms with Crippen molar-refractivity contribution in [2.45, 2.75) is 25.8 Å². The molecule has 0 radical (unpaired) electrons. The molecule has 6 nitrogen and oxygen atoms in total. The molecule has 1 unspecified atom stereocenters. The molecule has 28 heavy (non-hydrogen) atoms. The Morgan fingerprint density at radius 3 is 2.82 bits per heavy atom. The summed E-state index contributed by atoms with van der Waals surface area (Å²) in [7, 11) is 0. The fraction of sp³-hybridized carbons (Fsp3) is 0.526. The summed E-state index contributed by atoms with van der Waals surface area (Å²) in [4.78, 5) is 15.0. The summed E-state index contributed by atoms with van der Waals surface area (Å²) in [6.45, 7) is 10.2. The molecule has 1 saturated heterocycles. The molecule has 1 aliphatic rings. The molecule has 1 aromatic rings. The lowest BCUT2D eigenvalue weighted by molar-refractivity contribution is -0.0861. The first kappa shape index (κ1) is 23.2. The second-order valence-electron chi connectivity index (χ2n) is 6.67. The number of nitrogens with zero attached hydrogens (tertiary/aromatic N) is 2. The van der Waals surface area contributed by atoms with Gasteiger partial charge in [0.25, 0.3) is 5.91 Å². The Hall–Kier alpha value is -1.09. The molecular formula is C19H28Cl2N4O2S. The predicted molar refractivity (Wildman–Crippen MR) is 116 cm³/mol. The highest BCUT2D eigenvalue weighted by Crippen LogP contribution is 2.21. The van der Waals surface area contributed by atoms with E-state index in [0.717, 1.165) is 49.8 Å². The van der Waals surface area contributed by atoms with Gasteiger partial charge >= 0.3 is 0 Å². The number of carbonyl (C=O) groups is 1. The van der Waals surface area contributed by atoms with Crippen LogP contribution in [0.5, 0.6) is 0 Å². The molecule has 9 heteroatoms.